The van der Waals surface area contributed by atoms with Crippen LogP contribution in [0.1, 0.15) is 65.2 Å². The first-order chi connectivity index (χ1) is 14.6. The minimum absolute atomic E-state index is 0.0917. The van der Waals surface area contributed by atoms with Crippen molar-refractivity contribution < 1.29 is 23.6 Å². The molecule has 1 atom stereocenters. The van der Waals surface area contributed by atoms with E-state index in [0.717, 1.165) is 0 Å². The van der Waals surface area contributed by atoms with Gasteiger partial charge in [0, 0.05) is 36.2 Å². The van der Waals surface area contributed by atoms with Crippen molar-refractivity contribution in [1.82, 2.24) is 9.80 Å². The lowest BCUT2D eigenvalue weighted by Gasteiger charge is -2.32. The molecule has 0 aromatic heterocycles. The maximum absolute atomic E-state index is 13.2. The highest BCUT2D eigenvalue weighted by molar-refractivity contribution is 6.65. The lowest BCUT2D eigenvalue weighted by Crippen LogP contribution is -2.42. The summed E-state index contributed by atoms with van der Waals surface area (Å²) in [5.41, 5.74) is -0.437. The van der Waals surface area contributed by atoms with Crippen LogP contribution in [0.5, 0.6) is 0 Å². The van der Waals surface area contributed by atoms with Crippen LogP contribution in [-0.4, -0.2) is 71.9 Å². The number of halogens is 1. The van der Waals surface area contributed by atoms with Gasteiger partial charge in [0.25, 0.3) is 5.91 Å². The molecular weight excluding hydrogens is 431 g/mol. The van der Waals surface area contributed by atoms with Crippen molar-refractivity contribution in [2.24, 2.45) is 0 Å². The van der Waals surface area contributed by atoms with Crippen molar-refractivity contribution in [1.29, 1.82) is 0 Å². The number of likely N-dealkylation sites (N-methyl/N-ethyl adjacent to an activating group) is 1. The minimum atomic E-state index is -0.653. The number of ether oxygens (including phenoxy) is 1. The molecule has 3 rings (SSSR count). The molecule has 0 spiro atoms. The van der Waals surface area contributed by atoms with Crippen LogP contribution in [0.2, 0.25) is 5.02 Å². The Morgan fingerprint density at radius 2 is 1.78 bits per heavy atom. The highest BCUT2D eigenvalue weighted by Crippen LogP contribution is 2.37. The van der Waals surface area contributed by atoms with Gasteiger partial charge in [-0.2, -0.15) is 0 Å². The zero-order chi connectivity index (χ0) is 24.1. The number of carbonyl (C=O) groups is 2. The standard InChI is InChI=1S/C23H34BClN2O5/c1-21(2,3)30-20(29)27-12-11-16(14-27)26(8)19(28)15-9-10-18(25)17(13-15)24-31-22(4,5)23(6,7)32-24/h9-10,13,16H,11-12,14H2,1-8H3/t16-/m0/s1. The van der Waals surface area contributed by atoms with E-state index < -0.39 is 23.9 Å². The number of amides is 2. The normalized spacial score (nSPS) is 22.2. The van der Waals surface area contributed by atoms with Crippen LogP contribution in [0.4, 0.5) is 4.79 Å². The van der Waals surface area contributed by atoms with E-state index in [4.69, 9.17) is 25.6 Å². The maximum Gasteiger partial charge on any atom is 0.496 e. The van der Waals surface area contributed by atoms with Crippen molar-refractivity contribution in [3.8, 4) is 0 Å². The smallest absolute Gasteiger partial charge is 0.444 e. The molecule has 2 aliphatic rings. The predicted octanol–water partition coefficient (Wildman–Crippen LogP) is 3.72. The Hall–Kier alpha value is -1.77. The number of carbonyl (C=O) groups excluding carboxylic acids is 2. The van der Waals surface area contributed by atoms with Gasteiger partial charge in [-0.05, 0) is 73.1 Å². The summed E-state index contributed by atoms with van der Waals surface area (Å²) in [6.07, 6.45) is 0.342. The summed E-state index contributed by atoms with van der Waals surface area (Å²) in [6.45, 7) is 14.4. The molecule has 2 fully saturated rings. The molecule has 2 aliphatic heterocycles. The molecule has 0 radical (unpaired) electrons. The summed E-state index contributed by atoms with van der Waals surface area (Å²) < 4.78 is 17.7. The molecule has 0 N–H and O–H groups in total. The highest BCUT2D eigenvalue weighted by Gasteiger charge is 2.52. The van der Waals surface area contributed by atoms with Gasteiger partial charge in [0.15, 0.2) is 0 Å². The molecule has 0 unspecified atom stereocenters. The van der Waals surface area contributed by atoms with E-state index in [9.17, 15) is 9.59 Å². The van der Waals surface area contributed by atoms with Gasteiger partial charge in [-0.1, -0.05) is 11.6 Å². The number of rotatable bonds is 3. The molecule has 0 bridgehead atoms. The fraction of sp³-hybridized carbons (Fsp3) is 0.652. The van der Waals surface area contributed by atoms with Crippen molar-refractivity contribution in [3.63, 3.8) is 0 Å². The first-order valence-electron chi connectivity index (χ1n) is 11.0. The van der Waals surface area contributed by atoms with Crippen LogP contribution < -0.4 is 5.46 Å². The molecule has 32 heavy (non-hydrogen) atoms. The second-order valence-electron chi connectivity index (χ2n) is 10.6. The topological polar surface area (TPSA) is 68.3 Å². The molecule has 2 amide bonds. The van der Waals surface area contributed by atoms with E-state index in [0.29, 0.717) is 35.6 Å². The number of hydrogen-bond donors (Lipinski definition) is 0. The SMILES string of the molecule is CN(C(=O)c1ccc(Cl)c(B2OC(C)(C)C(C)(C)O2)c1)[C@H]1CCN(C(=O)OC(C)(C)C)C1. The monoisotopic (exact) mass is 464 g/mol. The van der Waals surface area contributed by atoms with Crippen LogP contribution >= 0.6 is 11.6 Å². The molecule has 0 saturated carbocycles. The summed E-state index contributed by atoms with van der Waals surface area (Å²) in [7, 11) is 1.11. The second kappa shape index (κ2) is 8.54. The van der Waals surface area contributed by atoms with Gasteiger partial charge in [0.2, 0.25) is 0 Å². The molecule has 176 valence electrons. The van der Waals surface area contributed by atoms with Gasteiger partial charge >= 0.3 is 13.2 Å². The number of benzene rings is 1. The quantitative estimate of drug-likeness (QED) is 0.638. The summed E-state index contributed by atoms with van der Waals surface area (Å²) in [4.78, 5) is 28.9. The molecule has 9 heteroatoms. The Morgan fingerprint density at radius 1 is 1.19 bits per heavy atom. The summed E-state index contributed by atoms with van der Waals surface area (Å²) in [6, 6.07) is 5.05. The Labute approximate surface area is 196 Å². The third kappa shape index (κ3) is 5.08. The molecule has 7 nitrogen and oxygen atoms in total. The minimum Gasteiger partial charge on any atom is -0.444 e. The predicted molar refractivity (Wildman–Crippen MR) is 125 cm³/mol. The largest absolute Gasteiger partial charge is 0.496 e. The van der Waals surface area contributed by atoms with Crippen LogP contribution in [0.3, 0.4) is 0 Å². The third-order valence-electron chi connectivity index (χ3n) is 6.43. The lowest BCUT2D eigenvalue weighted by atomic mass is 9.78. The van der Waals surface area contributed by atoms with E-state index in [1.807, 2.05) is 48.5 Å². The Balaban J connectivity index is 1.72. The molecule has 1 aromatic carbocycles. The van der Waals surface area contributed by atoms with Crippen molar-refractivity contribution in [2.45, 2.75) is 77.7 Å². The first-order valence-corrected chi connectivity index (χ1v) is 11.4. The van der Waals surface area contributed by atoms with Crippen LogP contribution in [0.15, 0.2) is 18.2 Å². The average molecular weight is 465 g/mol. The maximum atomic E-state index is 13.2. The van der Waals surface area contributed by atoms with Crippen molar-refractivity contribution in [2.75, 3.05) is 20.1 Å². The first kappa shape index (κ1) is 24.9. The number of nitrogens with zero attached hydrogens (tertiary/aromatic N) is 2. The number of likely N-dealkylation sites (tertiary alicyclic amines) is 1. The fourth-order valence-corrected chi connectivity index (χ4v) is 3.95. The van der Waals surface area contributed by atoms with Crippen molar-refractivity contribution >= 4 is 36.2 Å². The number of hydrogen-bond acceptors (Lipinski definition) is 5. The van der Waals surface area contributed by atoms with Gasteiger partial charge in [-0.3, -0.25) is 4.79 Å². The third-order valence-corrected chi connectivity index (χ3v) is 6.78. The van der Waals surface area contributed by atoms with Crippen molar-refractivity contribution in [3.05, 3.63) is 28.8 Å². The lowest BCUT2D eigenvalue weighted by molar-refractivity contribution is 0.00578. The molecular formula is C23H34BClN2O5. The molecule has 2 heterocycles. The summed E-state index contributed by atoms with van der Waals surface area (Å²) >= 11 is 6.44. The van der Waals surface area contributed by atoms with Crippen LogP contribution in [0, 0.1) is 0 Å². The van der Waals surface area contributed by atoms with E-state index in [-0.39, 0.29) is 18.0 Å². The average Bonchev–Trinajstić information content (AvgIpc) is 3.22. The van der Waals surface area contributed by atoms with Crippen LogP contribution in [0.25, 0.3) is 0 Å². The Kier molecular flexibility index (Phi) is 6.64. The van der Waals surface area contributed by atoms with Gasteiger partial charge < -0.3 is 23.8 Å². The Morgan fingerprint density at radius 3 is 2.34 bits per heavy atom. The van der Waals surface area contributed by atoms with Crippen LogP contribution in [-0.2, 0) is 14.0 Å². The summed E-state index contributed by atoms with van der Waals surface area (Å²) in [5, 5.41) is 0.486. The fourth-order valence-electron chi connectivity index (χ4n) is 3.75. The molecule has 2 saturated heterocycles. The van der Waals surface area contributed by atoms with E-state index in [2.05, 4.69) is 0 Å². The van der Waals surface area contributed by atoms with Gasteiger partial charge in [-0.25, -0.2) is 4.79 Å². The van der Waals surface area contributed by atoms with Gasteiger partial charge in [0.05, 0.1) is 17.2 Å². The Bertz CT molecular complexity index is 883. The van der Waals surface area contributed by atoms with E-state index in [1.54, 1.807) is 35.0 Å². The van der Waals surface area contributed by atoms with E-state index in [1.165, 1.54) is 0 Å². The zero-order valence-electron chi connectivity index (χ0n) is 20.3. The van der Waals surface area contributed by atoms with Gasteiger partial charge in [-0.15, -0.1) is 0 Å². The molecule has 0 aliphatic carbocycles. The van der Waals surface area contributed by atoms with Gasteiger partial charge in [0.1, 0.15) is 5.60 Å². The van der Waals surface area contributed by atoms with E-state index >= 15 is 0 Å². The highest BCUT2D eigenvalue weighted by atomic mass is 35.5. The second-order valence-corrected chi connectivity index (χ2v) is 11.0. The molecule has 1 aromatic rings. The summed E-state index contributed by atoms with van der Waals surface area (Å²) in [5.74, 6) is -0.143. The zero-order valence-corrected chi connectivity index (χ0v) is 21.1.